The van der Waals surface area contributed by atoms with Gasteiger partial charge in [0.25, 0.3) is 0 Å². The fourth-order valence-electron chi connectivity index (χ4n) is 1.91. The number of pyridine rings is 1. The lowest BCUT2D eigenvalue weighted by Gasteiger charge is -2.10. The molecule has 2 N–H and O–H groups in total. The molecule has 0 amide bonds. The molecule has 0 aliphatic heterocycles. The lowest BCUT2D eigenvalue weighted by atomic mass is 10.1. The lowest BCUT2D eigenvalue weighted by Crippen LogP contribution is -2.09. The summed E-state index contributed by atoms with van der Waals surface area (Å²) in [5.41, 5.74) is 9.63. The van der Waals surface area contributed by atoms with Gasteiger partial charge in [0.1, 0.15) is 0 Å². The van der Waals surface area contributed by atoms with Crippen molar-refractivity contribution in [2.24, 2.45) is 5.73 Å². The van der Waals surface area contributed by atoms with Crippen LogP contribution in [0.2, 0.25) is 0 Å². The van der Waals surface area contributed by atoms with Gasteiger partial charge in [0.05, 0.1) is 0 Å². The van der Waals surface area contributed by atoms with Crippen molar-refractivity contribution in [3.05, 3.63) is 39.9 Å². The third-order valence-corrected chi connectivity index (χ3v) is 3.21. The smallest absolute Gasteiger partial charge is 0.161 e. The molecular formula is C13H15BrN4. The second-order valence-electron chi connectivity index (χ2n) is 4.13. The molecule has 0 unspecified atom stereocenters. The predicted molar refractivity (Wildman–Crippen MR) is 75.2 cm³/mol. The van der Waals surface area contributed by atoms with Gasteiger partial charge in [-0.05, 0) is 54.4 Å². The summed E-state index contributed by atoms with van der Waals surface area (Å²) in [7, 11) is 0. The van der Waals surface area contributed by atoms with Crippen molar-refractivity contribution in [1.29, 1.82) is 0 Å². The van der Waals surface area contributed by atoms with Crippen molar-refractivity contribution in [2.75, 3.05) is 6.54 Å². The topological polar surface area (TPSA) is 64.7 Å². The molecule has 0 aromatic carbocycles. The average molecular weight is 307 g/mol. The van der Waals surface area contributed by atoms with Crippen LogP contribution in [0.25, 0.3) is 11.4 Å². The van der Waals surface area contributed by atoms with Crippen LogP contribution in [0.15, 0.2) is 22.9 Å². The van der Waals surface area contributed by atoms with Crippen LogP contribution in [0.4, 0.5) is 0 Å². The standard InChI is InChI=1S/C13H15BrN4/c1-8-12(3-4-15)9(2)18-13(17-8)10-5-11(14)7-16-6-10/h5-7H,3-4,15H2,1-2H3. The molecule has 18 heavy (non-hydrogen) atoms. The second kappa shape index (κ2) is 5.54. The van der Waals surface area contributed by atoms with Gasteiger partial charge in [-0.25, -0.2) is 9.97 Å². The van der Waals surface area contributed by atoms with E-state index >= 15 is 0 Å². The van der Waals surface area contributed by atoms with Crippen LogP contribution in [0.3, 0.4) is 0 Å². The minimum atomic E-state index is 0.614. The van der Waals surface area contributed by atoms with E-state index in [1.807, 2.05) is 19.9 Å². The van der Waals surface area contributed by atoms with Crippen molar-refractivity contribution in [2.45, 2.75) is 20.3 Å². The first kappa shape index (κ1) is 13.1. The molecule has 5 heteroatoms. The van der Waals surface area contributed by atoms with Crippen molar-refractivity contribution >= 4 is 15.9 Å². The number of aromatic nitrogens is 3. The van der Waals surface area contributed by atoms with Crippen molar-refractivity contribution in [3.63, 3.8) is 0 Å². The van der Waals surface area contributed by atoms with Gasteiger partial charge in [0, 0.05) is 33.8 Å². The molecule has 0 spiro atoms. The zero-order chi connectivity index (χ0) is 13.1. The zero-order valence-electron chi connectivity index (χ0n) is 10.4. The van der Waals surface area contributed by atoms with Gasteiger partial charge in [0.2, 0.25) is 0 Å². The molecule has 0 saturated carbocycles. The van der Waals surface area contributed by atoms with E-state index in [9.17, 15) is 0 Å². The van der Waals surface area contributed by atoms with Gasteiger partial charge >= 0.3 is 0 Å². The Hall–Kier alpha value is -1.33. The quantitative estimate of drug-likeness (QED) is 0.946. The summed E-state index contributed by atoms with van der Waals surface area (Å²) in [6.45, 7) is 4.60. The molecule has 0 aliphatic carbocycles. The minimum Gasteiger partial charge on any atom is -0.330 e. The fraction of sp³-hybridized carbons (Fsp3) is 0.308. The highest BCUT2D eigenvalue weighted by molar-refractivity contribution is 9.10. The van der Waals surface area contributed by atoms with Crippen molar-refractivity contribution in [1.82, 2.24) is 15.0 Å². The Bertz CT molecular complexity index is 546. The highest BCUT2D eigenvalue weighted by Gasteiger charge is 2.09. The van der Waals surface area contributed by atoms with Gasteiger partial charge < -0.3 is 5.73 Å². The highest BCUT2D eigenvalue weighted by atomic mass is 79.9. The molecule has 0 bridgehead atoms. The third-order valence-electron chi connectivity index (χ3n) is 2.78. The minimum absolute atomic E-state index is 0.614. The Morgan fingerprint density at radius 1 is 1.17 bits per heavy atom. The van der Waals surface area contributed by atoms with E-state index in [0.29, 0.717) is 12.4 Å². The van der Waals surface area contributed by atoms with Gasteiger partial charge in [-0.1, -0.05) is 0 Å². The predicted octanol–water partition coefficient (Wildman–Crippen LogP) is 2.42. The van der Waals surface area contributed by atoms with Crippen LogP contribution in [-0.2, 0) is 6.42 Å². The summed E-state index contributed by atoms with van der Waals surface area (Å²) in [5, 5.41) is 0. The maximum atomic E-state index is 5.60. The summed E-state index contributed by atoms with van der Waals surface area (Å²) >= 11 is 3.40. The summed E-state index contributed by atoms with van der Waals surface area (Å²) in [6.07, 6.45) is 4.32. The monoisotopic (exact) mass is 306 g/mol. The largest absolute Gasteiger partial charge is 0.330 e. The maximum absolute atomic E-state index is 5.60. The number of hydrogen-bond donors (Lipinski definition) is 1. The molecular weight excluding hydrogens is 292 g/mol. The Kier molecular flexibility index (Phi) is 4.04. The molecule has 2 heterocycles. The van der Waals surface area contributed by atoms with Crippen molar-refractivity contribution < 1.29 is 0 Å². The number of hydrogen-bond acceptors (Lipinski definition) is 4. The van der Waals surface area contributed by atoms with Gasteiger partial charge in [-0.15, -0.1) is 0 Å². The van der Waals surface area contributed by atoms with Crippen LogP contribution < -0.4 is 5.73 Å². The van der Waals surface area contributed by atoms with E-state index in [1.165, 1.54) is 0 Å². The SMILES string of the molecule is Cc1nc(-c2cncc(Br)c2)nc(C)c1CCN. The molecule has 2 aromatic rings. The van der Waals surface area contributed by atoms with Gasteiger partial charge in [-0.2, -0.15) is 0 Å². The number of rotatable bonds is 3. The van der Waals surface area contributed by atoms with Crippen molar-refractivity contribution in [3.8, 4) is 11.4 Å². The van der Waals surface area contributed by atoms with E-state index in [-0.39, 0.29) is 0 Å². The molecule has 2 aromatic heterocycles. The molecule has 0 fully saturated rings. The Balaban J connectivity index is 2.48. The van der Waals surface area contributed by atoms with E-state index in [4.69, 9.17) is 5.73 Å². The normalized spacial score (nSPS) is 10.7. The zero-order valence-corrected chi connectivity index (χ0v) is 12.0. The summed E-state index contributed by atoms with van der Waals surface area (Å²) in [5.74, 6) is 0.708. The van der Waals surface area contributed by atoms with E-state index in [0.717, 1.165) is 33.4 Å². The first-order valence-electron chi connectivity index (χ1n) is 5.77. The number of nitrogens with two attached hydrogens (primary N) is 1. The Morgan fingerprint density at radius 2 is 1.83 bits per heavy atom. The number of nitrogens with zero attached hydrogens (tertiary/aromatic N) is 3. The Morgan fingerprint density at radius 3 is 2.39 bits per heavy atom. The maximum Gasteiger partial charge on any atom is 0.161 e. The molecule has 0 radical (unpaired) electrons. The van der Waals surface area contributed by atoms with E-state index in [1.54, 1.807) is 12.4 Å². The van der Waals surface area contributed by atoms with Gasteiger partial charge in [-0.3, -0.25) is 4.98 Å². The fourth-order valence-corrected chi connectivity index (χ4v) is 2.27. The molecule has 0 atom stereocenters. The van der Waals surface area contributed by atoms with E-state index < -0.39 is 0 Å². The first-order chi connectivity index (χ1) is 8.61. The number of aryl methyl sites for hydroxylation is 2. The molecule has 2 rings (SSSR count). The molecule has 0 saturated heterocycles. The Labute approximate surface area is 115 Å². The van der Waals surface area contributed by atoms with Crippen LogP contribution in [0.5, 0.6) is 0 Å². The van der Waals surface area contributed by atoms with E-state index in [2.05, 4.69) is 30.9 Å². The van der Waals surface area contributed by atoms with Crippen LogP contribution >= 0.6 is 15.9 Å². The summed E-state index contributed by atoms with van der Waals surface area (Å²) in [6, 6.07) is 1.96. The van der Waals surface area contributed by atoms with Crippen LogP contribution in [0, 0.1) is 13.8 Å². The highest BCUT2D eigenvalue weighted by Crippen LogP contribution is 2.21. The second-order valence-corrected chi connectivity index (χ2v) is 5.04. The first-order valence-corrected chi connectivity index (χ1v) is 6.56. The molecule has 94 valence electrons. The van der Waals surface area contributed by atoms with Crippen LogP contribution in [-0.4, -0.2) is 21.5 Å². The molecule has 0 aliphatic rings. The lowest BCUT2D eigenvalue weighted by molar-refractivity contribution is 0.898. The van der Waals surface area contributed by atoms with Crippen LogP contribution in [0.1, 0.15) is 17.0 Å². The summed E-state index contributed by atoms with van der Waals surface area (Å²) in [4.78, 5) is 13.2. The average Bonchev–Trinajstić information content (AvgIpc) is 2.33. The molecule has 4 nitrogen and oxygen atoms in total. The van der Waals surface area contributed by atoms with Gasteiger partial charge in [0.15, 0.2) is 5.82 Å². The number of halogens is 1. The summed E-state index contributed by atoms with van der Waals surface area (Å²) < 4.78 is 0.921. The third kappa shape index (κ3) is 2.73.